The molecule has 0 heterocycles. The Labute approximate surface area is 168 Å². The molecular weight excluding hydrogens is 356 g/mol. The van der Waals surface area contributed by atoms with Crippen molar-refractivity contribution in [2.45, 2.75) is 33.1 Å². The lowest BCUT2D eigenvalue weighted by molar-refractivity contribution is 0.354. The average molecular weight is 387 g/mol. The molecule has 0 aromatic heterocycles. The van der Waals surface area contributed by atoms with Gasteiger partial charge in [0.1, 0.15) is 0 Å². The van der Waals surface area contributed by atoms with Gasteiger partial charge < -0.3 is 19.7 Å². The van der Waals surface area contributed by atoms with Gasteiger partial charge in [0, 0.05) is 19.3 Å². The van der Waals surface area contributed by atoms with Crippen molar-refractivity contribution in [1.29, 1.82) is 0 Å². The minimum Gasteiger partial charge on any atom is -0.493 e. The number of hydrogen-bond acceptors (Lipinski definition) is 3. The third-order valence-corrected chi connectivity index (χ3v) is 5.18. The molecule has 146 valence electrons. The van der Waals surface area contributed by atoms with Crippen LogP contribution in [0.4, 0.5) is 5.69 Å². The number of para-hydroxylation sites is 1. The molecule has 27 heavy (non-hydrogen) atoms. The van der Waals surface area contributed by atoms with E-state index in [0.29, 0.717) is 0 Å². The lowest BCUT2D eigenvalue weighted by atomic mass is 10.0. The SMILES string of the molecule is CCc1cccc(CC)c1NC(=S)N(C)CCc1ccc(OC)c(OC)c1. The molecule has 0 saturated carbocycles. The zero-order valence-electron chi connectivity index (χ0n) is 17.0. The van der Waals surface area contributed by atoms with E-state index in [1.165, 1.54) is 16.7 Å². The number of benzene rings is 2. The Bertz CT molecular complexity index is 755. The second kappa shape index (κ2) is 10.2. The van der Waals surface area contributed by atoms with Crippen LogP contribution in [0.5, 0.6) is 11.5 Å². The van der Waals surface area contributed by atoms with Crippen molar-refractivity contribution in [3.8, 4) is 11.5 Å². The van der Waals surface area contributed by atoms with Crippen LogP contribution in [-0.2, 0) is 19.3 Å². The summed E-state index contributed by atoms with van der Waals surface area (Å²) in [6.07, 6.45) is 2.83. The first-order valence-electron chi connectivity index (χ1n) is 9.37. The maximum absolute atomic E-state index is 5.65. The summed E-state index contributed by atoms with van der Waals surface area (Å²) in [5.74, 6) is 1.50. The Morgan fingerprint density at radius 2 is 1.63 bits per heavy atom. The molecule has 0 fully saturated rings. The highest BCUT2D eigenvalue weighted by atomic mass is 32.1. The van der Waals surface area contributed by atoms with Gasteiger partial charge in [0.15, 0.2) is 16.6 Å². The number of nitrogens with zero attached hydrogens (tertiary/aromatic N) is 1. The van der Waals surface area contributed by atoms with Crippen LogP contribution in [0.25, 0.3) is 0 Å². The maximum Gasteiger partial charge on any atom is 0.173 e. The van der Waals surface area contributed by atoms with Gasteiger partial charge in [-0.2, -0.15) is 0 Å². The van der Waals surface area contributed by atoms with Gasteiger partial charge in [0.2, 0.25) is 0 Å². The van der Waals surface area contributed by atoms with Gasteiger partial charge in [-0.25, -0.2) is 0 Å². The third-order valence-electron chi connectivity index (χ3n) is 4.76. The highest BCUT2D eigenvalue weighted by molar-refractivity contribution is 7.80. The Balaban J connectivity index is 2.03. The molecule has 0 unspecified atom stereocenters. The molecule has 0 radical (unpaired) electrons. The molecule has 1 N–H and O–H groups in total. The summed E-state index contributed by atoms with van der Waals surface area (Å²) in [4.78, 5) is 2.08. The fourth-order valence-electron chi connectivity index (χ4n) is 3.04. The van der Waals surface area contributed by atoms with E-state index in [0.717, 1.165) is 48.1 Å². The van der Waals surface area contributed by atoms with Gasteiger partial charge >= 0.3 is 0 Å². The zero-order valence-corrected chi connectivity index (χ0v) is 17.8. The Morgan fingerprint density at radius 1 is 1.00 bits per heavy atom. The Hall–Kier alpha value is -2.27. The predicted octanol–water partition coefficient (Wildman–Crippen LogP) is 4.70. The quantitative estimate of drug-likeness (QED) is 0.665. The highest BCUT2D eigenvalue weighted by Gasteiger charge is 2.11. The zero-order chi connectivity index (χ0) is 19.8. The fourth-order valence-corrected chi connectivity index (χ4v) is 3.23. The Morgan fingerprint density at radius 3 is 2.19 bits per heavy atom. The van der Waals surface area contributed by atoms with Crippen molar-refractivity contribution in [2.75, 3.05) is 33.1 Å². The summed E-state index contributed by atoms with van der Waals surface area (Å²) >= 11 is 5.65. The van der Waals surface area contributed by atoms with Crippen molar-refractivity contribution < 1.29 is 9.47 Å². The molecule has 2 aromatic rings. The van der Waals surface area contributed by atoms with E-state index in [4.69, 9.17) is 21.7 Å². The number of rotatable bonds is 8. The minimum absolute atomic E-state index is 0.742. The number of thiocarbonyl (C=S) groups is 1. The normalized spacial score (nSPS) is 10.4. The summed E-state index contributed by atoms with van der Waals surface area (Å²) in [5.41, 5.74) is 4.94. The molecular formula is C22H30N2O2S. The van der Waals surface area contributed by atoms with E-state index in [2.05, 4.69) is 48.3 Å². The van der Waals surface area contributed by atoms with Crippen molar-refractivity contribution in [3.63, 3.8) is 0 Å². The van der Waals surface area contributed by atoms with Gasteiger partial charge in [0.25, 0.3) is 0 Å². The Kier molecular flexibility index (Phi) is 7.92. The van der Waals surface area contributed by atoms with E-state index in [1.807, 2.05) is 19.2 Å². The summed E-state index contributed by atoms with van der Waals surface area (Å²) in [5, 5.41) is 4.21. The largest absolute Gasteiger partial charge is 0.493 e. The number of hydrogen-bond donors (Lipinski definition) is 1. The smallest absolute Gasteiger partial charge is 0.173 e. The maximum atomic E-state index is 5.65. The number of methoxy groups -OCH3 is 2. The standard InChI is InChI=1S/C22H30N2O2S/c1-6-17-9-8-10-18(7-2)21(17)23-22(27)24(3)14-13-16-11-12-19(25-4)20(15-16)26-5/h8-12,15H,6-7,13-14H2,1-5H3,(H,23,27). The summed E-state index contributed by atoms with van der Waals surface area (Å²) in [6, 6.07) is 12.5. The molecule has 4 nitrogen and oxygen atoms in total. The van der Waals surface area contributed by atoms with Crippen molar-refractivity contribution in [3.05, 3.63) is 53.1 Å². The third kappa shape index (κ3) is 5.36. The molecule has 2 rings (SSSR count). The molecule has 0 bridgehead atoms. The van der Waals surface area contributed by atoms with Gasteiger partial charge in [-0.15, -0.1) is 0 Å². The number of anilines is 1. The molecule has 0 aliphatic rings. The number of nitrogens with one attached hydrogen (secondary N) is 1. The van der Waals surface area contributed by atoms with Crippen LogP contribution in [-0.4, -0.2) is 37.8 Å². The molecule has 0 atom stereocenters. The topological polar surface area (TPSA) is 33.7 Å². The summed E-state index contributed by atoms with van der Waals surface area (Å²) in [7, 11) is 5.33. The van der Waals surface area contributed by atoms with Gasteiger partial charge in [-0.1, -0.05) is 38.1 Å². The number of ether oxygens (including phenoxy) is 2. The molecule has 0 saturated heterocycles. The van der Waals surface area contributed by atoms with Crippen LogP contribution in [0, 0.1) is 0 Å². The van der Waals surface area contributed by atoms with Crippen LogP contribution in [0.1, 0.15) is 30.5 Å². The summed E-state index contributed by atoms with van der Waals surface area (Å²) < 4.78 is 10.7. The first-order valence-corrected chi connectivity index (χ1v) is 9.78. The molecule has 2 aromatic carbocycles. The highest BCUT2D eigenvalue weighted by Crippen LogP contribution is 2.28. The van der Waals surface area contributed by atoms with Crippen LogP contribution < -0.4 is 14.8 Å². The van der Waals surface area contributed by atoms with E-state index in [1.54, 1.807) is 14.2 Å². The van der Waals surface area contributed by atoms with E-state index in [9.17, 15) is 0 Å². The molecule has 0 amide bonds. The molecule has 5 heteroatoms. The van der Waals surface area contributed by atoms with Crippen LogP contribution in [0.3, 0.4) is 0 Å². The molecule has 0 spiro atoms. The van der Waals surface area contributed by atoms with Gasteiger partial charge in [-0.3, -0.25) is 0 Å². The lowest BCUT2D eigenvalue weighted by Gasteiger charge is -2.23. The first kappa shape index (κ1) is 21.0. The summed E-state index contributed by atoms with van der Waals surface area (Å²) in [6.45, 7) is 5.16. The fraction of sp³-hybridized carbons (Fsp3) is 0.409. The monoisotopic (exact) mass is 386 g/mol. The number of likely N-dealkylation sites (N-methyl/N-ethyl adjacent to an activating group) is 1. The van der Waals surface area contributed by atoms with Crippen molar-refractivity contribution in [2.24, 2.45) is 0 Å². The first-order chi connectivity index (χ1) is 13.0. The van der Waals surface area contributed by atoms with E-state index < -0.39 is 0 Å². The van der Waals surface area contributed by atoms with Crippen molar-refractivity contribution >= 4 is 23.0 Å². The van der Waals surface area contributed by atoms with Gasteiger partial charge in [0.05, 0.1) is 14.2 Å². The van der Waals surface area contributed by atoms with E-state index in [-0.39, 0.29) is 0 Å². The van der Waals surface area contributed by atoms with Gasteiger partial charge in [-0.05, 0) is 60.3 Å². The van der Waals surface area contributed by atoms with Crippen LogP contribution >= 0.6 is 12.2 Å². The molecule has 0 aliphatic heterocycles. The average Bonchev–Trinajstić information content (AvgIpc) is 2.71. The van der Waals surface area contributed by atoms with Crippen molar-refractivity contribution in [1.82, 2.24) is 4.90 Å². The molecule has 0 aliphatic carbocycles. The predicted molar refractivity (Wildman–Crippen MR) is 117 cm³/mol. The van der Waals surface area contributed by atoms with Crippen LogP contribution in [0.2, 0.25) is 0 Å². The number of aryl methyl sites for hydroxylation is 2. The van der Waals surface area contributed by atoms with Crippen LogP contribution in [0.15, 0.2) is 36.4 Å². The van der Waals surface area contributed by atoms with E-state index >= 15 is 0 Å². The second-order valence-corrected chi connectivity index (χ2v) is 6.84. The second-order valence-electron chi connectivity index (χ2n) is 6.45. The lowest BCUT2D eigenvalue weighted by Crippen LogP contribution is -2.33. The minimum atomic E-state index is 0.742.